The average Bonchev–Trinajstić information content (AvgIpc) is 3.08. The van der Waals surface area contributed by atoms with Gasteiger partial charge in [0.05, 0.1) is 0 Å². The molecule has 1 saturated heterocycles. The first-order valence-electron chi connectivity index (χ1n) is 7.44. The Balaban J connectivity index is 1.61. The zero-order chi connectivity index (χ0) is 16.1. The first-order chi connectivity index (χ1) is 11.2. The molecule has 0 spiro atoms. The number of pyridine rings is 1. The molecule has 1 fully saturated rings. The predicted molar refractivity (Wildman–Crippen MR) is 95.8 cm³/mol. The Hall–Kier alpha value is -1.99. The molecule has 2 aromatic rings. The van der Waals surface area contributed by atoms with Crippen LogP contribution in [0.25, 0.3) is 0 Å². The van der Waals surface area contributed by atoms with Crippen LogP contribution in [0, 0.1) is 0 Å². The Bertz CT molecular complexity index is 675. The summed E-state index contributed by atoms with van der Waals surface area (Å²) >= 11 is 11.4. The van der Waals surface area contributed by atoms with E-state index in [1.54, 1.807) is 18.5 Å². The number of hydrogen-bond acceptors (Lipinski definition) is 5. The standard InChI is InChI=1S/C15H17ClN6S/c16-12-8-13(22-6-1-2-7-22)20-14(19-12)21-15(23)18-10-11-4-3-5-17-9-11/h3-5,8-9H,1-2,6-7,10H2,(H2,18,19,20,21,23). The number of nitrogens with zero attached hydrogens (tertiary/aromatic N) is 4. The maximum Gasteiger partial charge on any atom is 0.232 e. The summed E-state index contributed by atoms with van der Waals surface area (Å²) < 4.78 is 0. The van der Waals surface area contributed by atoms with Gasteiger partial charge in [-0.2, -0.15) is 4.98 Å². The fourth-order valence-corrected chi connectivity index (χ4v) is 2.74. The number of thiocarbonyl (C=S) groups is 1. The monoisotopic (exact) mass is 348 g/mol. The summed E-state index contributed by atoms with van der Waals surface area (Å²) in [5.41, 5.74) is 1.04. The van der Waals surface area contributed by atoms with E-state index in [4.69, 9.17) is 23.8 Å². The van der Waals surface area contributed by atoms with Crippen LogP contribution in [0.1, 0.15) is 18.4 Å². The van der Waals surface area contributed by atoms with Crippen LogP contribution in [-0.4, -0.2) is 33.2 Å². The van der Waals surface area contributed by atoms with Crippen LogP contribution in [-0.2, 0) is 6.54 Å². The quantitative estimate of drug-likeness (QED) is 0.650. The molecule has 0 aliphatic carbocycles. The number of rotatable bonds is 4. The maximum atomic E-state index is 6.10. The third kappa shape index (κ3) is 4.49. The lowest BCUT2D eigenvalue weighted by atomic mass is 10.3. The topological polar surface area (TPSA) is 66.0 Å². The van der Waals surface area contributed by atoms with E-state index in [-0.39, 0.29) is 0 Å². The summed E-state index contributed by atoms with van der Waals surface area (Å²) in [5, 5.41) is 6.93. The van der Waals surface area contributed by atoms with Crippen LogP contribution in [0.5, 0.6) is 0 Å². The van der Waals surface area contributed by atoms with Gasteiger partial charge >= 0.3 is 0 Å². The highest BCUT2D eigenvalue weighted by atomic mass is 35.5. The highest BCUT2D eigenvalue weighted by molar-refractivity contribution is 7.80. The largest absolute Gasteiger partial charge is 0.358 e. The minimum Gasteiger partial charge on any atom is -0.358 e. The Kier molecular flexibility index (Phi) is 5.19. The molecule has 0 amide bonds. The fraction of sp³-hybridized carbons (Fsp3) is 0.333. The van der Waals surface area contributed by atoms with Crippen LogP contribution in [0.3, 0.4) is 0 Å². The molecule has 0 radical (unpaired) electrons. The maximum absolute atomic E-state index is 6.10. The van der Waals surface area contributed by atoms with Gasteiger partial charge in [0.25, 0.3) is 0 Å². The first kappa shape index (κ1) is 15.9. The Morgan fingerprint density at radius 2 is 2.13 bits per heavy atom. The number of hydrogen-bond donors (Lipinski definition) is 2. The zero-order valence-electron chi connectivity index (χ0n) is 12.5. The molecule has 23 heavy (non-hydrogen) atoms. The van der Waals surface area contributed by atoms with E-state index in [0.29, 0.717) is 22.8 Å². The lowest BCUT2D eigenvalue weighted by molar-refractivity contribution is 0.909. The van der Waals surface area contributed by atoms with Crippen molar-refractivity contribution in [1.29, 1.82) is 0 Å². The van der Waals surface area contributed by atoms with Crippen molar-refractivity contribution in [3.63, 3.8) is 0 Å². The van der Waals surface area contributed by atoms with Crippen molar-refractivity contribution in [2.24, 2.45) is 0 Å². The average molecular weight is 349 g/mol. The van der Waals surface area contributed by atoms with Gasteiger partial charge in [-0.25, -0.2) is 4.98 Å². The second-order valence-corrected chi connectivity index (χ2v) is 6.03. The van der Waals surface area contributed by atoms with E-state index in [0.717, 1.165) is 24.5 Å². The zero-order valence-corrected chi connectivity index (χ0v) is 14.1. The Morgan fingerprint density at radius 1 is 1.30 bits per heavy atom. The molecule has 8 heteroatoms. The van der Waals surface area contributed by atoms with Crippen LogP contribution >= 0.6 is 23.8 Å². The Morgan fingerprint density at radius 3 is 2.87 bits per heavy atom. The molecule has 1 aliphatic heterocycles. The van der Waals surface area contributed by atoms with E-state index in [1.807, 2.05) is 12.1 Å². The van der Waals surface area contributed by atoms with Crippen molar-refractivity contribution < 1.29 is 0 Å². The lowest BCUT2D eigenvalue weighted by Gasteiger charge is -2.17. The normalized spacial score (nSPS) is 13.9. The van der Waals surface area contributed by atoms with E-state index in [2.05, 4.69) is 30.5 Å². The molecule has 6 nitrogen and oxygen atoms in total. The third-order valence-corrected chi connectivity index (χ3v) is 3.95. The SMILES string of the molecule is S=C(NCc1cccnc1)Nc1nc(Cl)cc(N2CCCC2)n1. The van der Waals surface area contributed by atoms with Gasteiger partial charge in [0, 0.05) is 38.1 Å². The van der Waals surface area contributed by atoms with E-state index in [1.165, 1.54) is 12.8 Å². The number of anilines is 2. The third-order valence-electron chi connectivity index (χ3n) is 3.51. The smallest absolute Gasteiger partial charge is 0.232 e. The minimum absolute atomic E-state index is 0.402. The fourth-order valence-electron chi connectivity index (χ4n) is 2.40. The summed E-state index contributed by atoms with van der Waals surface area (Å²) in [6.45, 7) is 2.58. The van der Waals surface area contributed by atoms with Gasteiger partial charge in [0.1, 0.15) is 11.0 Å². The van der Waals surface area contributed by atoms with Crippen molar-refractivity contribution >= 4 is 40.7 Å². The van der Waals surface area contributed by atoms with Gasteiger partial charge in [-0.05, 0) is 36.7 Å². The molecule has 120 valence electrons. The molecular formula is C15H17ClN6S. The lowest BCUT2D eigenvalue weighted by Crippen LogP contribution is -2.29. The second kappa shape index (κ2) is 7.52. The molecule has 3 heterocycles. The van der Waals surface area contributed by atoms with Crippen LogP contribution < -0.4 is 15.5 Å². The molecule has 2 aromatic heterocycles. The van der Waals surface area contributed by atoms with Gasteiger partial charge in [0.2, 0.25) is 5.95 Å². The summed E-state index contributed by atoms with van der Waals surface area (Å²) in [7, 11) is 0. The van der Waals surface area contributed by atoms with E-state index >= 15 is 0 Å². The highest BCUT2D eigenvalue weighted by Crippen LogP contribution is 2.22. The van der Waals surface area contributed by atoms with Crippen molar-refractivity contribution in [1.82, 2.24) is 20.3 Å². The molecule has 0 bridgehead atoms. The molecule has 3 rings (SSSR count). The van der Waals surface area contributed by atoms with Crippen molar-refractivity contribution in [2.75, 3.05) is 23.3 Å². The van der Waals surface area contributed by atoms with Crippen molar-refractivity contribution in [3.05, 3.63) is 41.3 Å². The molecule has 1 aliphatic rings. The molecular weight excluding hydrogens is 332 g/mol. The summed E-state index contributed by atoms with van der Waals surface area (Å²) in [5.74, 6) is 1.24. The molecule has 2 N–H and O–H groups in total. The van der Waals surface area contributed by atoms with Crippen LogP contribution in [0.2, 0.25) is 5.15 Å². The second-order valence-electron chi connectivity index (χ2n) is 5.24. The van der Waals surface area contributed by atoms with E-state index in [9.17, 15) is 0 Å². The predicted octanol–water partition coefficient (Wildman–Crippen LogP) is 2.61. The number of aromatic nitrogens is 3. The van der Waals surface area contributed by atoms with Crippen LogP contribution in [0.15, 0.2) is 30.6 Å². The van der Waals surface area contributed by atoms with Gasteiger partial charge in [-0.3, -0.25) is 4.98 Å². The minimum atomic E-state index is 0.402. The van der Waals surface area contributed by atoms with Gasteiger partial charge in [-0.15, -0.1) is 0 Å². The summed E-state index contributed by atoms with van der Waals surface area (Å²) in [6, 6.07) is 5.64. The summed E-state index contributed by atoms with van der Waals surface area (Å²) in [4.78, 5) is 14.9. The highest BCUT2D eigenvalue weighted by Gasteiger charge is 2.15. The molecule has 0 aromatic carbocycles. The Labute approximate surface area is 145 Å². The van der Waals surface area contributed by atoms with Crippen LogP contribution in [0.4, 0.5) is 11.8 Å². The van der Waals surface area contributed by atoms with Crippen molar-refractivity contribution in [3.8, 4) is 0 Å². The van der Waals surface area contributed by atoms with E-state index < -0.39 is 0 Å². The molecule has 0 unspecified atom stereocenters. The summed E-state index contributed by atoms with van der Waals surface area (Å²) in [6.07, 6.45) is 5.88. The van der Waals surface area contributed by atoms with Gasteiger partial charge in [-0.1, -0.05) is 17.7 Å². The molecule has 0 saturated carbocycles. The first-order valence-corrected chi connectivity index (χ1v) is 8.22. The number of halogens is 1. The molecule has 0 atom stereocenters. The van der Waals surface area contributed by atoms with Gasteiger partial charge < -0.3 is 15.5 Å². The van der Waals surface area contributed by atoms with Crippen molar-refractivity contribution in [2.45, 2.75) is 19.4 Å². The van der Waals surface area contributed by atoms with Gasteiger partial charge in [0.15, 0.2) is 5.11 Å². The number of nitrogens with one attached hydrogen (secondary N) is 2.